The van der Waals surface area contributed by atoms with Crippen LogP contribution in [0, 0.1) is 0 Å². The van der Waals surface area contributed by atoms with Gasteiger partial charge in [0.25, 0.3) is 0 Å². The van der Waals surface area contributed by atoms with Crippen molar-refractivity contribution in [1.29, 1.82) is 0 Å². The standard InChI is InChI=1S/C22H20N2O6.BrH/c25-20(26)12-3-15(14-24-19-10-6-17(7-11-19)22(29)30)2-1-13-23-18-8-4-16(5-9-18)21(27)28;/h1-2,4-11,13-14,23H,3,12H2,(H,25,26)(H,27,28)(H,29,30);1H/b13-1+,15-2+,24-14?;. The molecule has 0 saturated carbocycles. The van der Waals surface area contributed by atoms with Gasteiger partial charge in [-0.05, 0) is 66.6 Å². The van der Waals surface area contributed by atoms with Gasteiger partial charge in [-0.15, -0.1) is 17.0 Å². The number of hydrogen-bond donors (Lipinski definition) is 4. The molecular weight excluding hydrogens is 468 g/mol. The molecule has 162 valence electrons. The van der Waals surface area contributed by atoms with E-state index >= 15 is 0 Å². The van der Waals surface area contributed by atoms with Gasteiger partial charge in [-0.3, -0.25) is 9.79 Å². The Kier molecular flexibility index (Phi) is 10.4. The Labute approximate surface area is 189 Å². The number of benzene rings is 2. The highest BCUT2D eigenvalue weighted by atomic mass is 79.9. The van der Waals surface area contributed by atoms with Crippen LogP contribution in [-0.2, 0) is 4.79 Å². The van der Waals surface area contributed by atoms with Crippen molar-refractivity contribution in [1.82, 2.24) is 0 Å². The molecule has 2 rings (SSSR count). The number of aliphatic carboxylic acids is 1. The highest BCUT2D eigenvalue weighted by Gasteiger charge is 2.03. The molecule has 0 aliphatic heterocycles. The number of anilines is 1. The predicted molar refractivity (Wildman–Crippen MR) is 123 cm³/mol. The molecule has 0 spiro atoms. The highest BCUT2D eigenvalue weighted by Crippen LogP contribution is 2.14. The molecule has 0 aliphatic carbocycles. The zero-order chi connectivity index (χ0) is 21.9. The lowest BCUT2D eigenvalue weighted by atomic mass is 10.1. The Bertz CT molecular complexity index is 996. The van der Waals surface area contributed by atoms with Crippen molar-refractivity contribution < 1.29 is 29.7 Å². The predicted octanol–water partition coefficient (Wildman–Crippen LogP) is 4.78. The second-order valence-corrected chi connectivity index (χ2v) is 6.13. The topological polar surface area (TPSA) is 136 Å². The van der Waals surface area contributed by atoms with E-state index in [0.717, 1.165) is 0 Å². The minimum atomic E-state index is -1.03. The number of carbonyl (C=O) groups is 3. The number of aromatic carboxylic acids is 2. The van der Waals surface area contributed by atoms with Crippen LogP contribution in [-0.4, -0.2) is 39.4 Å². The van der Waals surface area contributed by atoms with E-state index in [1.165, 1.54) is 30.5 Å². The number of halogens is 1. The van der Waals surface area contributed by atoms with Crippen molar-refractivity contribution in [2.24, 2.45) is 4.99 Å². The lowest BCUT2D eigenvalue weighted by molar-refractivity contribution is -0.136. The molecule has 0 amide bonds. The summed E-state index contributed by atoms with van der Waals surface area (Å²) in [6.45, 7) is 0. The van der Waals surface area contributed by atoms with Crippen molar-refractivity contribution in [3.63, 3.8) is 0 Å². The summed E-state index contributed by atoms with van der Waals surface area (Å²) < 4.78 is 0. The van der Waals surface area contributed by atoms with Crippen LogP contribution < -0.4 is 5.32 Å². The molecule has 0 unspecified atom stereocenters. The highest BCUT2D eigenvalue weighted by molar-refractivity contribution is 8.93. The molecule has 0 aromatic heterocycles. The van der Waals surface area contributed by atoms with Gasteiger partial charge in [0, 0.05) is 24.5 Å². The average molecular weight is 489 g/mol. The molecule has 0 atom stereocenters. The Morgan fingerprint density at radius 1 is 0.839 bits per heavy atom. The van der Waals surface area contributed by atoms with Crippen LogP contribution in [0.2, 0.25) is 0 Å². The zero-order valence-electron chi connectivity index (χ0n) is 16.3. The lowest BCUT2D eigenvalue weighted by Gasteiger charge is -2.01. The maximum Gasteiger partial charge on any atom is 0.335 e. The smallest absolute Gasteiger partial charge is 0.335 e. The number of nitrogens with zero attached hydrogens (tertiary/aromatic N) is 1. The van der Waals surface area contributed by atoms with E-state index in [1.807, 2.05) is 0 Å². The maximum absolute atomic E-state index is 10.9. The van der Waals surface area contributed by atoms with Crippen LogP contribution >= 0.6 is 17.0 Å². The largest absolute Gasteiger partial charge is 0.481 e. The van der Waals surface area contributed by atoms with Crippen LogP contribution in [0.25, 0.3) is 0 Å². The second-order valence-electron chi connectivity index (χ2n) is 6.13. The van der Waals surface area contributed by atoms with E-state index in [4.69, 9.17) is 15.3 Å². The summed E-state index contributed by atoms with van der Waals surface area (Å²) in [4.78, 5) is 36.9. The van der Waals surface area contributed by atoms with Gasteiger partial charge in [0.2, 0.25) is 0 Å². The maximum atomic E-state index is 10.9. The van der Waals surface area contributed by atoms with E-state index in [1.54, 1.807) is 42.6 Å². The van der Waals surface area contributed by atoms with Gasteiger partial charge < -0.3 is 20.6 Å². The molecule has 31 heavy (non-hydrogen) atoms. The molecular formula is C22H21BrN2O6. The monoisotopic (exact) mass is 488 g/mol. The van der Waals surface area contributed by atoms with Gasteiger partial charge in [0.1, 0.15) is 0 Å². The fraction of sp³-hybridized carbons (Fsp3) is 0.0909. The summed E-state index contributed by atoms with van der Waals surface area (Å²) in [5, 5.41) is 29.7. The van der Waals surface area contributed by atoms with Gasteiger partial charge >= 0.3 is 17.9 Å². The van der Waals surface area contributed by atoms with Crippen molar-refractivity contribution in [3.05, 3.63) is 83.6 Å². The number of nitrogens with one attached hydrogen (secondary N) is 1. The first kappa shape index (κ1) is 25.3. The molecule has 2 aromatic rings. The molecule has 0 saturated heterocycles. The van der Waals surface area contributed by atoms with E-state index in [0.29, 0.717) is 16.9 Å². The van der Waals surface area contributed by atoms with Crippen molar-refractivity contribution in [2.75, 3.05) is 5.32 Å². The lowest BCUT2D eigenvalue weighted by Crippen LogP contribution is -1.97. The molecule has 0 bridgehead atoms. The summed E-state index contributed by atoms with van der Waals surface area (Å²) in [6, 6.07) is 12.2. The molecule has 0 fully saturated rings. The molecule has 9 heteroatoms. The normalized spacial score (nSPS) is 11.3. The Morgan fingerprint density at radius 3 is 1.90 bits per heavy atom. The summed E-state index contributed by atoms with van der Waals surface area (Å²) in [5.74, 6) is -2.96. The molecule has 0 radical (unpaired) electrons. The zero-order valence-corrected chi connectivity index (χ0v) is 18.0. The summed E-state index contributed by atoms with van der Waals surface area (Å²) in [7, 11) is 0. The molecule has 2 aromatic carbocycles. The van der Waals surface area contributed by atoms with Crippen molar-refractivity contribution in [3.8, 4) is 0 Å². The summed E-state index contributed by atoms with van der Waals surface area (Å²) in [5.41, 5.74) is 2.25. The number of carboxylic acid groups (broad SMARTS) is 3. The van der Waals surface area contributed by atoms with Gasteiger partial charge in [0.05, 0.1) is 16.8 Å². The fourth-order valence-corrected chi connectivity index (χ4v) is 2.31. The molecule has 4 N–H and O–H groups in total. The third-order valence-electron chi connectivity index (χ3n) is 3.91. The number of aliphatic imine (C=N–C) groups is 1. The van der Waals surface area contributed by atoms with Crippen LogP contribution in [0.3, 0.4) is 0 Å². The number of rotatable bonds is 10. The third kappa shape index (κ3) is 9.09. The van der Waals surface area contributed by atoms with Gasteiger partial charge in [0.15, 0.2) is 0 Å². The van der Waals surface area contributed by atoms with Crippen LogP contribution in [0.1, 0.15) is 33.6 Å². The van der Waals surface area contributed by atoms with Crippen LogP contribution in [0.15, 0.2) is 77.4 Å². The Balaban J connectivity index is 0.00000480. The van der Waals surface area contributed by atoms with Crippen LogP contribution in [0.5, 0.6) is 0 Å². The quantitative estimate of drug-likeness (QED) is 0.279. The minimum absolute atomic E-state index is 0. The van der Waals surface area contributed by atoms with E-state index < -0.39 is 17.9 Å². The first-order chi connectivity index (χ1) is 14.3. The molecule has 8 nitrogen and oxygen atoms in total. The van der Waals surface area contributed by atoms with E-state index in [-0.39, 0.29) is 40.9 Å². The number of hydrogen-bond acceptors (Lipinski definition) is 5. The first-order valence-electron chi connectivity index (χ1n) is 8.90. The SMILES string of the molecule is Br.O=C(O)CC/C(C=Nc1ccc(C(=O)O)cc1)=C\C=C\Nc1ccc(C(=O)O)cc1. The molecule has 0 heterocycles. The van der Waals surface area contributed by atoms with Crippen LogP contribution in [0.4, 0.5) is 11.4 Å². The Morgan fingerprint density at radius 2 is 1.39 bits per heavy atom. The number of allylic oxidation sites excluding steroid dienone is 3. The number of carboxylic acids is 3. The fourth-order valence-electron chi connectivity index (χ4n) is 2.31. The molecule has 0 aliphatic rings. The van der Waals surface area contributed by atoms with Gasteiger partial charge in [-0.2, -0.15) is 0 Å². The third-order valence-corrected chi connectivity index (χ3v) is 3.91. The van der Waals surface area contributed by atoms with Crippen molar-refractivity contribution >= 4 is 52.5 Å². The Hall–Kier alpha value is -3.72. The van der Waals surface area contributed by atoms with E-state index in [9.17, 15) is 14.4 Å². The summed E-state index contributed by atoms with van der Waals surface area (Å²) in [6.07, 6.45) is 6.76. The van der Waals surface area contributed by atoms with Gasteiger partial charge in [-0.1, -0.05) is 6.08 Å². The second kappa shape index (κ2) is 12.8. The van der Waals surface area contributed by atoms with Crippen molar-refractivity contribution in [2.45, 2.75) is 12.8 Å². The van der Waals surface area contributed by atoms with E-state index in [2.05, 4.69) is 10.3 Å². The van der Waals surface area contributed by atoms with Gasteiger partial charge in [-0.25, -0.2) is 9.59 Å². The minimum Gasteiger partial charge on any atom is -0.481 e. The first-order valence-corrected chi connectivity index (χ1v) is 8.90. The average Bonchev–Trinajstić information content (AvgIpc) is 2.73. The summed E-state index contributed by atoms with van der Waals surface area (Å²) >= 11 is 0.